The van der Waals surface area contributed by atoms with E-state index in [1.165, 1.54) is 0 Å². The fraction of sp³-hybridized carbons (Fsp3) is 0.500. The highest BCUT2D eigenvalue weighted by molar-refractivity contribution is 5.70. The second-order valence-electron chi connectivity index (χ2n) is 4.39. The van der Waals surface area contributed by atoms with Crippen LogP contribution in [0.25, 0.3) is 11.2 Å². The Morgan fingerprint density at radius 1 is 1.74 bits per heavy atom. The van der Waals surface area contributed by atoms with Crippen LogP contribution < -0.4 is 11.3 Å². The van der Waals surface area contributed by atoms with Gasteiger partial charge in [0.2, 0.25) is 5.95 Å². The van der Waals surface area contributed by atoms with Crippen molar-refractivity contribution in [3.05, 3.63) is 16.7 Å². The highest BCUT2D eigenvalue weighted by Crippen LogP contribution is 2.37. The Balaban J connectivity index is 2.14. The lowest BCUT2D eigenvalue weighted by Gasteiger charge is -2.21. The molecule has 0 saturated carbocycles. The van der Waals surface area contributed by atoms with Crippen LogP contribution in [0.5, 0.6) is 0 Å². The molecular weight excluding hydrogens is 257 g/mol. The molecule has 0 spiro atoms. The van der Waals surface area contributed by atoms with Gasteiger partial charge in [0.25, 0.3) is 11.5 Å². The predicted octanol–water partition coefficient (Wildman–Crippen LogP) is -0.547. The maximum Gasteiger partial charge on any atom is 0.296 e. The van der Waals surface area contributed by atoms with Gasteiger partial charge >= 0.3 is 0 Å². The average molecular weight is 269 g/mol. The molecule has 3 heterocycles. The Bertz CT molecular complexity index is 683. The number of nitrogen functional groups attached to an aromatic ring is 1. The van der Waals surface area contributed by atoms with Crippen LogP contribution in [0.2, 0.25) is 0 Å². The summed E-state index contributed by atoms with van der Waals surface area (Å²) in [5, 5.41) is 8.99. The van der Waals surface area contributed by atoms with Gasteiger partial charge in [0.15, 0.2) is 11.2 Å². The Morgan fingerprint density at radius 3 is 3.21 bits per heavy atom. The summed E-state index contributed by atoms with van der Waals surface area (Å²) in [5.41, 5.74) is 4.90. The monoisotopic (exact) mass is 269 g/mol. The predicted molar refractivity (Wildman–Crippen MR) is 62.8 cm³/mol. The standard InChI is InChI=1S/C10H12FN5O3/c11-10(2-1-5(3-17)19-10)16-4-13-6-7(16)14-9(12)15-8(6)18/h4-5,17H,1-3H2,(H3,12,14,15,18)/t5-,10-/m0/s1. The number of fused-ring (bicyclic) bond motifs is 1. The number of aliphatic hydroxyl groups is 1. The number of aliphatic hydroxyl groups excluding tert-OH is 1. The van der Waals surface area contributed by atoms with Crippen LogP contribution in [0.1, 0.15) is 12.8 Å². The number of alkyl halides is 1. The van der Waals surface area contributed by atoms with E-state index in [9.17, 15) is 9.18 Å². The molecule has 8 nitrogen and oxygen atoms in total. The number of aromatic amines is 1. The highest BCUT2D eigenvalue weighted by Gasteiger charge is 2.43. The highest BCUT2D eigenvalue weighted by atomic mass is 19.2. The molecule has 2 aromatic rings. The van der Waals surface area contributed by atoms with Crippen LogP contribution in [0, 0.1) is 0 Å². The summed E-state index contributed by atoms with van der Waals surface area (Å²) in [6.07, 6.45) is 0.969. The third kappa shape index (κ3) is 1.78. The number of nitrogens with two attached hydrogens (primary N) is 1. The third-order valence-electron chi connectivity index (χ3n) is 3.11. The van der Waals surface area contributed by atoms with Crippen molar-refractivity contribution in [2.45, 2.75) is 24.9 Å². The fourth-order valence-electron chi connectivity index (χ4n) is 2.19. The van der Waals surface area contributed by atoms with Crippen LogP contribution in [0.3, 0.4) is 0 Å². The molecule has 102 valence electrons. The molecule has 0 radical (unpaired) electrons. The number of H-pyrrole nitrogens is 1. The number of nitrogens with one attached hydrogen (secondary N) is 1. The third-order valence-corrected chi connectivity index (χ3v) is 3.11. The van der Waals surface area contributed by atoms with Crippen molar-refractivity contribution >= 4 is 17.1 Å². The smallest absolute Gasteiger partial charge is 0.296 e. The van der Waals surface area contributed by atoms with Crippen molar-refractivity contribution in [1.29, 1.82) is 0 Å². The minimum absolute atomic E-state index is 0.0118. The van der Waals surface area contributed by atoms with Gasteiger partial charge in [-0.1, -0.05) is 0 Å². The Morgan fingerprint density at radius 2 is 2.53 bits per heavy atom. The Kier molecular flexibility index (Phi) is 2.54. The molecule has 9 heteroatoms. The summed E-state index contributed by atoms with van der Waals surface area (Å²) < 4.78 is 20.9. The second kappa shape index (κ2) is 4.00. The van der Waals surface area contributed by atoms with E-state index < -0.39 is 17.6 Å². The molecule has 0 aliphatic carbocycles. The first-order chi connectivity index (χ1) is 9.03. The molecule has 1 saturated heterocycles. The van der Waals surface area contributed by atoms with Gasteiger partial charge in [-0.2, -0.15) is 9.37 Å². The van der Waals surface area contributed by atoms with Gasteiger partial charge in [-0.15, -0.1) is 0 Å². The Labute approximate surface area is 106 Å². The van der Waals surface area contributed by atoms with Gasteiger partial charge in [-0.3, -0.25) is 14.3 Å². The van der Waals surface area contributed by atoms with Crippen LogP contribution in [0.4, 0.5) is 10.3 Å². The quantitative estimate of drug-likeness (QED) is 0.673. The van der Waals surface area contributed by atoms with E-state index in [2.05, 4.69) is 15.0 Å². The van der Waals surface area contributed by atoms with Crippen molar-refractivity contribution in [2.24, 2.45) is 0 Å². The molecule has 1 aliphatic rings. The van der Waals surface area contributed by atoms with E-state index >= 15 is 0 Å². The normalized spacial score (nSPS) is 27.2. The fourth-order valence-corrected chi connectivity index (χ4v) is 2.19. The van der Waals surface area contributed by atoms with Crippen molar-refractivity contribution in [3.63, 3.8) is 0 Å². The lowest BCUT2D eigenvalue weighted by Crippen LogP contribution is -2.29. The zero-order valence-corrected chi connectivity index (χ0v) is 9.84. The van der Waals surface area contributed by atoms with Crippen molar-refractivity contribution in [3.8, 4) is 0 Å². The second-order valence-corrected chi connectivity index (χ2v) is 4.39. The van der Waals surface area contributed by atoms with E-state index in [-0.39, 0.29) is 30.1 Å². The van der Waals surface area contributed by atoms with Gasteiger partial charge < -0.3 is 15.6 Å². The number of rotatable bonds is 2. The Hall–Kier alpha value is -2.00. The summed E-state index contributed by atoms with van der Waals surface area (Å²) in [5.74, 6) is -2.30. The molecular formula is C10H12FN5O3. The van der Waals surface area contributed by atoms with Gasteiger partial charge in [0.1, 0.15) is 6.33 Å². The van der Waals surface area contributed by atoms with Crippen LogP contribution in [-0.4, -0.2) is 37.3 Å². The van der Waals surface area contributed by atoms with E-state index in [0.717, 1.165) is 10.9 Å². The maximum absolute atomic E-state index is 14.7. The number of aromatic nitrogens is 4. The molecule has 0 bridgehead atoms. The van der Waals surface area contributed by atoms with Crippen molar-refractivity contribution < 1.29 is 14.2 Å². The molecule has 1 fully saturated rings. The first-order valence-electron chi connectivity index (χ1n) is 5.74. The van der Waals surface area contributed by atoms with Gasteiger partial charge in [-0.05, 0) is 6.42 Å². The minimum Gasteiger partial charge on any atom is -0.394 e. The number of ether oxygens (including phenoxy) is 1. The first kappa shape index (κ1) is 12.1. The molecule has 0 unspecified atom stereocenters. The number of hydrogen-bond acceptors (Lipinski definition) is 6. The van der Waals surface area contributed by atoms with Crippen molar-refractivity contribution in [2.75, 3.05) is 12.3 Å². The zero-order chi connectivity index (χ0) is 13.6. The molecule has 3 rings (SSSR count). The molecule has 0 amide bonds. The summed E-state index contributed by atoms with van der Waals surface area (Å²) >= 11 is 0. The lowest BCUT2D eigenvalue weighted by molar-refractivity contribution is -0.199. The van der Waals surface area contributed by atoms with Gasteiger partial charge in [0, 0.05) is 6.42 Å². The summed E-state index contributed by atoms with van der Waals surface area (Å²) in [4.78, 5) is 21.6. The summed E-state index contributed by atoms with van der Waals surface area (Å²) in [7, 11) is 0. The van der Waals surface area contributed by atoms with E-state index in [1.54, 1.807) is 0 Å². The zero-order valence-electron chi connectivity index (χ0n) is 9.84. The van der Waals surface area contributed by atoms with Crippen LogP contribution >= 0.6 is 0 Å². The number of nitrogens with zero attached hydrogens (tertiary/aromatic N) is 3. The molecule has 2 atom stereocenters. The summed E-state index contributed by atoms with van der Waals surface area (Å²) in [6.45, 7) is -0.269. The number of halogens is 1. The minimum atomic E-state index is -2.17. The number of imidazole rings is 1. The summed E-state index contributed by atoms with van der Waals surface area (Å²) in [6, 6.07) is 0. The number of anilines is 1. The van der Waals surface area contributed by atoms with Gasteiger partial charge in [-0.25, -0.2) is 4.98 Å². The van der Waals surface area contributed by atoms with Gasteiger partial charge in [0.05, 0.1) is 12.7 Å². The van der Waals surface area contributed by atoms with E-state index in [1.807, 2.05) is 0 Å². The molecule has 19 heavy (non-hydrogen) atoms. The molecule has 2 aromatic heterocycles. The van der Waals surface area contributed by atoms with Crippen LogP contribution in [-0.2, 0) is 10.7 Å². The first-order valence-corrected chi connectivity index (χ1v) is 5.74. The maximum atomic E-state index is 14.7. The average Bonchev–Trinajstić information content (AvgIpc) is 2.93. The molecule has 0 aromatic carbocycles. The molecule has 1 aliphatic heterocycles. The topological polar surface area (TPSA) is 119 Å². The van der Waals surface area contributed by atoms with Crippen LogP contribution in [0.15, 0.2) is 11.1 Å². The van der Waals surface area contributed by atoms with Crippen molar-refractivity contribution in [1.82, 2.24) is 19.5 Å². The van der Waals surface area contributed by atoms with E-state index in [4.69, 9.17) is 15.6 Å². The SMILES string of the molecule is Nc1nc2c(ncn2[C@@]2(F)CC[C@@H](CO)O2)c(=O)[nH]1. The largest absolute Gasteiger partial charge is 0.394 e. The lowest BCUT2D eigenvalue weighted by atomic mass is 10.2. The number of hydrogen-bond donors (Lipinski definition) is 3. The van der Waals surface area contributed by atoms with E-state index in [0.29, 0.717) is 6.42 Å². The molecule has 4 N–H and O–H groups in total.